The molecule has 0 aromatic rings. The second-order valence-corrected chi connectivity index (χ2v) is 6.45. The Labute approximate surface area is 118 Å². The summed E-state index contributed by atoms with van der Waals surface area (Å²) in [6.07, 6.45) is 4.43. The average Bonchev–Trinajstić information content (AvgIpc) is 2.40. The summed E-state index contributed by atoms with van der Waals surface area (Å²) in [5.74, 6) is 0. The van der Waals surface area contributed by atoms with Crippen LogP contribution in [0.4, 0.5) is 0 Å². The first-order valence-corrected chi connectivity index (χ1v) is 7.92. The Morgan fingerprint density at radius 1 is 1.32 bits per heavy atom. The van der Waals surface area contributed by atoms with Gasteiger partial charge in [-0.2, -0.15) is 0 Å². The van der Waals surface area contributed by atoms with Gasteiger partial charge < -0.3 is 15.0 Å². The van der Waals surface area contributed by atoms with Crippen molar-refractivity contribution in [1.29, 1.82) is 0 Å². The summed E-state index contributed by atoms with van der Waals surface area (Å²) < 4.78 is 5.91. The van der Waals surface area contributed by atoms with Crippen LogP contribution in [0.3, 0.4) is 0 Å². The largest absolute Gasteiger partial charge is 0.374 e. The van der Waals surface area contributed by atoms with Gasteiger partial charge in [0.1, 0.15) is 0 Å². The predicted octanol–water partition coefficient (Wildman–Crippen LogP) is 1.17. The molecule has 112 valence electrons. The Bertz CT molecular complexity index is 254. The predicted molar refractivity (Wildman–Crippen MR) is 79.6 cm³/mol. The average molecular weight is 269 g/mol. The van der Waals surface area contributed by atoms with Gasteiger partial charge in [0.15, 0.2) is 0 Å². The van der Waals surface area contributed by atoms with Crippen LogP contribution in [-0.2, 0) is 4.74 Å². The van der Waals surface area contributed by atoms with Crippen LogP contribution in [0.15, 0.2) is 0 Å². The Morgan fingerprint density at radius 3 is 2.84 bits per heavy atom. The van der Waals surface area contributed by atoms with Crippen LogP contribution in [0.2, 0.25) is 0 Å². The number of nitrogens with zero attached hydrogens (tertiary/aromatic N) is 2. The molecule has 1 N–H and O–H groups in total. The van der Waals surface area contributed by atoms with E-state index < -0.39 is 0 Å². The van der Waals surface area contributed by atoms with E-state index in [1.165, 1.54) is 25.8 Å². The molecule has 0 aliphatic carbocycles. The molecule has 0 radical (unpaired) electrons. The van der Waals surface area contributed by atoms with E-state index in [0.29, 0.717) is 18.2 Å². The quantitative estimate of drug-likeness (QED) is 0.811. The molecule has 2 aliphatic rings. The van der Waals surface area contributed by atoms with Crippen molar-refractivity contribution >= 4 is 0 Å². The van der Waals surface area contributed by atoms with Gasteiger partial charge in [-0.25, -0.2) is 0 Å². The summed E-state index contributed by atoms with van der Waals surface area (Å²) in [6, 6.07) is 1.32. The normalized spacial score (nSPS) is 30.2. The fourth-order valence-electron chi connectivity index (χ4n) is 3.20. The second-order valence-electron chi connectivity index (χ2n) is 6.45. The summed E-state index contributed by atoms with van der Waals surface area (Å²) in [7, 11) is 2.23. The van der Waals surface area contributed by atoms with Crippen molar-refractivity contribution in [3.05, 3.63) is 0 Å². The highest BCUT2D eigenvalue weighted by Crippen LogP contribution is 2.11. The lowest BCUT2D eigenvalue weighted by Crippen LogP contribution is -2.51. The lowest BCUT2D eigenvalue weighted by Gasteiger charge is -2.37. The maximum atomic E-state index is 5.91. The summed E-state index contributed by atoms with van der Waals surface area (Å²) in [4.78, 5) is 4.97. The fraction of sp³-hybridized carbons (Fsp3) is 1.00. The van der Waals surface area contributed by atoms with Gasteiger partial charge in [-0.3, -0.25) is 4.90 Å². The molecule has 2 fully saturated rings. The third-order valence-corrected chi connectivity index (χ3v) is 4.36. The van der Waals surface area contributed by atoms with Crippen molar-refractivity contribution in [2.75, 3.05) is 46.4 Å². The van der Waals surface area contributed by atoms with Gasteiger partial charge in [0.2, 0.25) is 0 Å². The SMILES string of the molecule is CC(C)N1CCOC(CN(C)CC2CCCCN2)C1. The standard InChI is InChI=1S/C15H31N3O/c1-13(2)18-8-9-19-15(12-18)11-17(3)10-14-6-4-5-7-16-14/h13-16H,4-12H2,1-3H3. The van der Waals surface area contributed by atoms with Gasteiger partial charge in [-0.05, 0) is 40.3 Å². The van der Waals surface area contributed by atoms with Gasteiger partial charge in [0.05, 0.1) is 12.7 Å². The lowest BCUT2D eigenvalue weighted by molar-refractivity contribution is -0.0503. The van der Waals surface area contributed by atoms with Crippen LogP contribution in [0, 0.1) is 0 Å². The molecule has 4 heteroatoms. The molecular weight excluding hydrogens is 238 g/mol. The molecule has 0 spiro atoms. The van der Waals surface area contributed by atoms with Crippen LogP contribution < -0.4 is 5.32 Å². The number of likely N-dealkylation sites (N-methyl/N-ethyl adjacent to an activating group) is 1. The molecule has 0 saturated carbocycles. The number of ether oxygens (including phenoxy) is 1. The Morgan fingerprint density at radius 2 is 2.16 bits per heavy atom. The molecule has 0 amide bonds. The lowest BCUT2D eigenvalue weighted by atomic mass is 10.0. The molecule has 2 heterocycles. The number of rotatable bonds is 5. The minimum atomic E-state index is 0.379. The summed E-state index contributed by atoms with van der Waals surface area (Å²) >= 11 is 0. The van der Waals surface area contributed by atoms with Gasteiger partial charge in [-0.1, -0.05) is 6.42 Å². The first-order chi connectivity index (χ1) is 9.15. The minimum Gasteiger partial charge on any atom is -0.374 e. The van der Waals surface area contributed by atoms with Crippen molar-refractivity contribution in [2.24, 2.45) is 0 Å². The van der Waals surface area contributed by atoms with Crippen molar-refractivity contribution in [3.8, 4) is 0 Å². The van der Waals surface area contributed by atoms with E-state index in [2.05, 4.69) is 36.0 Å². The number of hydrogen-bond acceptors (Lipinski definition) is 4. The van der Waals surface area contributed by atoms with E-state index in [-0.39, 0.29) is 0 Å². The fourth-order valence-corrected chi connectivity index (χ4v) is 3.20. The van der Waals surface area contributed by atoms with E-state index in [4.69, 9.17) is 4.74 Å². The molecule has 19 heavy (non-hydrogen) atoms. The second kappa shape index (κ2) is 7.58. The topological polar surface area (TPSA) is 27.7 Å². The Hall–Kier alpha value is -0.160. The van der Waals surface area contributed by atoms with Gasteiger partial charge in [0, 0.05) is 38.3 Å². The first-order valence-electron chi connectivity index (χ1n) is 7.92. The van der Waals surface area contributed by atoms with Crippen LogP contribution in [0.25, 0.3) is 0 Å². The number of morpholine rings is 1. The van der Waals surface area contributed by atoms with Crippen molar-refractivity contribution in [2.45, 2.75) is 51.3 Å². The van der Waals surface area contributed by atoms with E-state index in [1.807, 2.05) is 0 Å². The molecule has 2 saturated heterocycles. The third-order valence-electron chi connectivity index (χ3n) is 4.36. The maximum absolute atomic E-state index is 5.91. The summed E-state index contributed by atoms with van der Waals surface area (Å²) in [5, 5.41) is 3.62. The highest BCUT2D eigenvalue weighted by atomic mass is 16.5. The minimum absolute atomic E-state index is 0.379. The van der Waals surface area contributed by atoms with Crippen LogP contribution >= 0.6 is 0 Å². The Balaban J connectivity index is 1.70. The Kier molecular flexibility index (Phi) is 6.07. The van der Waals surface area contributed by atoms with Gasteiger partial charge in [0.25, 0.3) is 0 Å². The van der Waals surface area contributed by atoms with E-state index >= 15 is 0 Å². The van der Waals surface area contributed by atoms with Crippen molar-refractivity contribution in [3.63, 3.8) is 0 Å². The molecular formula is C15H31N3O. The zero-order chi connectivity index (χ0) is 13.7. The van der Waals surface area contributed by atoms with Crippen LogP contribution in [0.1, 0.15) is 33.1 Å². The zero-order valence-corrected chi connectivity index (χ0v) is 12.9. The number of piperidine rings is 1. The molecule has 0 bridgehead atoms. The van der Waals surface area contributed by atoms with E-state index in [1.54, 1.807) is 0 Å². The van der Waals surface area contributed by atoms with Crippen molar-refractivity contribution < 1.29 is 4.74 Å². The molecule has 0 aromatic carbocycles. The molecule has 2 rings (SSSR count). The molecule has 4 nitrogen and oxygen atoms in total. The highest BCUT2D eigenvalue weighted by molar-refractivity contribution is 4.79. The van der Waals surface area contributed by atoms with Crippen molar-refractivity contribution in [1.82, 2.24) is 15.1 Å². The zero-order valence-electron chi connectivity index (χ0n) is 12.9. The van der Waals surface area contributed by atoms with E-state index in [9.17, 15) is 0 Å². The third kappa shape index (κ3) is 5.03. The first kappa shape index (κ1) is 15.2. The number of hydrogen-bond donors (Lipinski definition) is 1. The van der Waals surface area contributed by atoms with E-state index in [0.717, 1.165) is 32.8 Å². The molecule has 2 unspecified atom stereocenters. The monoisotopic (exact) mass is 269 g/mol. The molecule has 2 aliphatic heterocycles. The number of nitrogens with one attached hydrogen (secondary N) is 1. The van der Waals surface area contributed by atoms with Crippen LogP contribution in [-0.4, -0.2) is 74.4 Å². The molecule has 0 aromatic heterocycles. The highest BCUT2D eigenvalue weighted by Gasteiger charge is 2.24. The maximum Gasteiger partial charge on any atom is 0.0829 e. The summed E-state index contributed by atoms with van der Waals surface area (Å²) in [6.45, 7) is 11.0. The van der Waals surface area contributed by atoms with Crippen LogP contribution in [0.5, 0.6) is 0 Å². The van der Waals surface area contributed by atoms with Gasteiger partial charge in [-0.15, -0.1) is 0 Å². The smallest absolute Gasteiger partial charge is 0.0829 e. The van der Waals surface area contributed by atoms with Gasteiger partial charge >= 0.3 is 0 Å². The molecule has 2 atom stereocenters. The summed E-state index contributed by atoms with van der Waals surface area (Å²) in [5.41, 5.74) is 0.